The maximum Gasteiger partial charge on any atom is 0.339 e. The maximum atomic E-state index is 12.7. The molecule has 31 heavy (non-hydrogen) atoms. The molecule has 1 aliphatic rings. The van der Waals surface area contributed by atoms with Crippen LogP contribution < -0.4 is 13.7 Å². The molecule has 0 fully saturated rings. The van der Waals surface area contributed by atoms with Gasteiger partial charge in [-0.25, -0.2) is 0 Å². The molecule has 0 saturated carbocycles. The lowest BCUT2D eigenvalue weighted by molar-refractivity contribution is 0.356. The molecular weight excluding hydrogens is 414 g/mol. The fraction of sp³-hybridized carbons (Fsp3) is 0.208. The zero-order valence-corrected chi connectivity index (χ0v) is 18.0. The van der Waals surface area contributed by atoms with Crippen molar-refractivity contribution in [1.29, 1.82) is 0 Å². The average Bonchev–Trinajstić information content (AvgIpc) is 3.26. The van der Waals surface area contributed by atoms with Crippen molar-refractivity contribution < 1.29 is 22.1 Å². The number of aliphatic imine (C=N–C) groups is 1. The van der Waals surface area contributed by atoms with Crippen molar-refractivity contribution in [1.82, 2.24) is 0 Å². The number of fused-ring (bicyclic) bond motifs is 1. The number of benzene rings is 3. The molecule has 6 nitrogen and oxygen atoms in total. The molecule has 3 aromatic rings. The summed E-state index contributed by atoms with van der Waals surface area (Å²) < 4.78 is 41.8. The van der Waals surface area contributed by atoms with E-state index in [4.69, 9.17) is 13.7 Å². The van der Waals surface area contributed by atoms with Gasteiger partial charge in [0, 0.05) is 24.7 Å². The SMILES string of the molecule is COc1cccc(C=NCCc2ccc3c(c2)OCC3)c1OS(=O)(=O)c1ccccc1. The Kier molecular flexibility index (Phi) is 6.23. The first-order valence-electron chi connectivity index (χ1n) is 9.98. The van der Waals surface area contributed by atoms with E-state index in [9.17, 15) is 8.42 Å². The largest absolute Gasteiger partial charge is 0.493 e. The van der Waals surface area contributed by atoms with E-state index in [1.807, 2.05) is 0 Å². The minimum absolute atomic E-state index is 0.0719. The van der Waals surface area contributed by atoms with Crippen LogP contribution in [0.1, 0.15) is 16.7 Å². The lowest BCUT2D eigenvalue weighted by atomic mass is 10.1. The van der Waals surface area contributed by atoms with E-state index >= 15 is 0 Å². The molecule has 0 unspecified atom stereocenters. The summed E-state index contributed by atoms with van der Waals surface area (Å²) in [4.78, 5) is 4.54. The second kappa shape index (κ2) is 9.22. The highest BCUT2D eigenvalue weighted by molar-refractivity contribution is 7.87. The van der Waals surface area contributed by atoms with Gasteiger partial charge in [-0.1, -0.05) is 36.4 Å². The molecule has 0 N–H and O–H groups in total. The van der Waals surface area contributed by atoms with E-state index in [1.165, 1.54) is 24.8 Å². The van der Waals surface area contributed by atoms with Gasteiger partial charge in [0.15, 0.2) is 11.5 Å². The standard InChI is InChI=1S/C24H23NO5S/c1-28-22-9-5-6-20(24(22)30-31(26,27)21-7-3-2-4-8-21)17-25-14-12-18-10-11-19-13-15-29-23(19)16-18/h2-11,16-17H,12-15H2,1H3. The van der Waals surface area contributed by atoms with Crippen LogP contribution in [-0.4, -0.2) is 34.9 Å². The van der Waals surface area contributed by atoms with Crippen molar-refractivity contribution in [3.63, 3.8) is 0 Å². The summed E-state index contributed by atoms with van der Waals surface area (Å²) in [5.41, 5.74) is 2.91. The minimum Gasteiger partial charge on any atom is -0.493 e. The van der Waals surface area contributed by atoms with Crippen molar-refractivity contribution in [2.75, 3.05) is 20.3 Å². The Hall–Kier alpha value is -3.32. The van der Waals surface area contributed by atoms with Crippen molar-refractivity contribution >= 4 is 16.3 Å². The molecule has 0 bridgehead atoms. The number of nitrogens with zero attached hydrogens (tertiary/aromatic N) is 1. The van der Waals surface area contributed by atoms with Crippen molar-refractivity contribution in [3.8, 4) is 17.2 Å². The first-order chi connectivity index (χ1) is 15.1. The molecule has 0 radical (unpaired) electrons. The smallest absolute Gasteiger partial charge is 0.339 e. The molecule has 1 aliphatic heterocycles. The van der Waals surface area contributed by atoms with Gasteiger partial charge < -0.3 is 13.7 Å². The summed E-state index contributed by atoms with van der Waals surface area (Å²) in [6.07, 6.45) is 3.32. The highest BCUT2D eigenvalue weighted by Gasteiger charge is 2.21. The summed E-state index contributed by atoms with van der Waals surface area (Å²) in [7, 11) is -2.54. The lowest BCUT2D eigenvalue weighted by Crippen LogP contribution is -2.11. The van der Waals surface area contributed by atoms with Crippen LogP contribution in [0.25, 0.3) is 0 Å². The molecule has 0 atom stereocenters. The lowest BCUT2D eigenvalue weighted by Gasteiger charge is -2.13. The van der Waals surface area contributed by atoms with Crippen LogP contribution >= 0.6 is 0 Å². The van der Waals surface area contributed by atoms with Gasteiger partial charge in [0.25, 0.3) is 0 Å². The van der Waals surface area contributed by atoms with Crippen LogP contribution in [0.5, 0.6) is 17.2 Å². The second-order valence-electron chi connectivity index (χ2n) is 7.05. The molecule has 0 saturated heterocycles. The van der Waals surface area contributed by atoms with Gasteiger partial charge in [0.1, 0.15) is 10.6 Å². The Morgan fingerprint density at radius 1 is 1.06 bits per heavy atom. The second-order valence-corrected chi connectivity index (χ2v) is 8.60. The first-order valence-corrected chi connectivity index (χ1v) is 11.4. The topological polar surface area (TPSA) is 74.2 Å². The van der Waals surface area contributed by atoms with Crippen LogP contribution in [0.3, 0.4) is 0 Å². The molecule has 0 amide bonds. The van der Waals surface area contributed by atoms with E-state index in [0.29, 0.717) is 17.9 Å². The van der Waals surface area contributed by atoms with Gasteiger partial charge in [-0.05, 0) is 47.9 Å². The Morgan fingerprint density at radius 3 is 2.71 bits per heavy atom. The van der Waals surface area contributed by atoms with Gasteiger partial charge in [-0.15, -0.1) is 0 Å². The summed E-state index contributed by atoms with van der Waals surface area (Å²) in [5.74, 6) is 1.39. The van der Waals surface area contributed by atoms with Crippen molar-refractivity contribution in [2.45, 2.75) is 17.7 Å². The number of rotatable bonds is 8. The summed E-state index contributed by atoms with van der Waals surface area (Å²) >= 11 is 0. The number of methoxy groups -OCH3 is 1. The number of hydrogen-bond donors (Lipinski definition) is 0. The molecule has 3 aromatic carbocycles. The molecule has 160 valence electrons. The Labute approximate surface area is 182 Å². The average molecular weight is 438 g/mol. The van der Waals surface area contributed by atoms with Crippen LogP contribution in [0.15, 0.2) is 76.6 Å². The fourth-order valence-corrected chi connectivity index (χ4v) is 4.34. The molecule has 1 heterocycles. The highest BCUT2D eigenvalue weighted by atomic mass is 32.2. The zero-order valence-electron chi connectivity index (χ0n) is 17.2. The number of para-hydroxylation sites is 1. The normalized spacial score (nSPS) is 13.1. The highest BCUT2D eigenvalue weighted by Crippen LogP contribution is 2.33. The Balaban J connectivity index is 1.50. The van der Waals surface area contributed by atoms with Gasteiger partial charge in [0.05, 0.1) is 13.7 Å². The van der Waals surface area contributed by atoms with Gasteiger partial charge >= 0.3 is 10.1 Å². The van der Waals surface area contributed by atoms with Crippen molar-refractivity contribution in [3.05, 3.63) is 83.4 Å². The summed E-state index contributed by atoms with van der Waals surface area (Å²) in [6.45, 7) is 1.28. The maximum absolute atomic E-state index is 12.7. The van der Waals surface area contributed by atoms with E-state index in [0.717, 1.165) is 30.8 Å². The Morgan fingerprint density at radius 2 is 1.90 bits per heavy atom. The Bertz CT molecular complexity index is 1190. The molecule has 4 rings (SSSR count). The third-order valence-corrected chi connectivity index (χ3v) is 6.21. The van der Waals surface area contributed by atoms with E-state index in [2.05, 4.69) is 23.2 Å². The van der Waals surface area contributed by atoms with Crippen LogP contribution in [0.4, 0.5) is 0 Å². The third kappa shape index (κ3) is 4.88. The third-order valence-electron chi connectivity index (χ3n) is 4.97. The van der Waals surface area contributed by atoms with Gasteiger partial charge in [0.2, 0.25) is 0 Å². The van der Waals surface area contributed by atoms with Gasteiger partial charge in [-0.3, -0.25) is 4.99 Å². The molecule has 0 aromatic heterocycles. The summed E-state index contributed by atoms with van der Waals surface area (Å²) in [5, 5.41) is 0. The summed E-state index contributed by atoms with van der Waals surface area (Å²) in [6, 6.07) is 19.4. The van der Waals surface area contributed by atoms with Crippen LogP contribution in [0, 0.1) is 0 Å². The molecular formula is C24H23NO5S. The molecule has 7 heteroatoms. The zero-order chi connectivity index (χ0) is 21.7. The van der Waals surface area contributed by atoms with E-state index in [-0.39, 0.29) is 10.6 Å². The molecule has 0 spiro atoms. The van der Waals surface area contributed by atoms with Crippen LogP contribution in [-0.2, 0) is 23.0 Å². The first kappa shape index (κ1) is 20.9. The predicted molar refractivity (Wildman–Crippen MR) is 119 cm³/mol. The van der Waals surface area contributed by atoms with Crippen molar-refractivity contribution in [2.24, 2.45) is 4.99 Å². The minimum atomic E-state index is -4.00. The van der Waals surface area contributed by atoms with Gasteiger partial charge in [-0.2, -0.15) is 8.42 Å². The van der Waals surface area contributed by atoms with E-state index < -0.39 is 10.1 Å². The molecule has 0 aliphatic carbocycles. The predicted octanol–water partition coefficient (Wildman–Crippen LogP) is 4.06. The van der Waals surface area contributed by atoms with E-state index in [1.54, 1.807) is 42.6 Å². The number of ether oxygens (including phenoxy) is 2. The monoisotopic (exact) mass is 437 g/mol. The number of hydrogen-bond acceptors (Lipinski definition) is 6. The fourth-order valence-electron chi connectivity index (χ4n) is 3.35. The quantitative estimate of drug-likeness (QED) is 0.392. The van der Waals surface area contributed by atoms with Crippen LogP contribution in [0.2, 0.25) is 0 Å².